The first-order chi connectivity index (χ1) is 7.11. The molecular weight excluding hydrogens is 184 g/mol. The van der Waals surface area contributed by atoms with Gasteiger partial charge in [-0.05, 0) is 42.4 Å². The monoisotopic (exact) mass is 204 g/mol. The molecule has 0 radical (unpaired) electrons. The lowest BCUT2D eigenvalue weighted by Crippen LogP contribution is -2.22. The van der Waals surface area contributed by atoms with Crippen LogP contribution in [0.25, 0.3) is 0 Å². The normalized spacial score (nSPS) is 17.7. The number of hydrogen-bond acceptors (Lipinski definition) is 2. The van der Waals surface area contributed by atoms with Gasteiger partial charge in [-0.3, -0.25) is 0 Å². The lowest BCUT2D eigenvalue weighted by atomic mass is 10.1. The zero-order chi connectivity index (χ0) is 10.9. The molecule has 0 spiro atoms. The van der Waals surface area contributed by atoms with E-state index in [9.17, 15) is 0 Å². The molecule has 3 N–H and O–H groups in total. The van der Waals surface area contributed by atoms with Crippen LogP contribution in [-0.4, -0.2) is 6.54 Å². The average molecular weight is 204 g/mol. The van der Waals surface area contributed by atoms with E-state index in [1.807, 2.05) is 12.1 Å². The van der Waals surface area contributed by atoms with Crippen LogP contribution in [-0.2, 0) is 6.54 Å². The van der Waals surface area contributed by atoms with Crippen molar-refractivity contribution in [1.29, 1.82) is 0 Å². The van der Waals surface area contributed by atoms with Crippen LogP contribution in [0.15, 0.2) is 18.2 Å². The van der Waals surface area contributed by atoms with Crippen molar-refractivity contribution in [2.75, 3.05) is 12.3 Å². The van der Waals surface area contributed by atoms with Crippen molar-refractivity contribution in [1.82, 2.24) is 5.32 Å². The maximum absolute atomic E-state index is 5.86. The third-order valence-corrected chi connectivity index (χ3v) is 3.46. The van der Waals surface area contributed by atoms with E-state index < -0.39 is 0 Å². The first-order valence-electron chi connectivity index (χ1n) is 5.65. The Morgan fingerprint density at radius 3 is 2.80 bits per heavy atom. The van der Waals surface area contributed by atoms with Crippen molar-refractivity contribution in [3.05, 3.63) is 29.3 Å². The molecular formula is C13H20N2. The first kappa shape index (κ1) is 10.5. The summed E-state index contributed by atoms with van der Waals surface area (Å²) in [5, 5.41) is 3.52. The molecule has 2 rings (SSSR count). The van der Waals surface area contributed by atoms with Crippen molar-refractivity contribution in [2.24, 2.45) is 5.41 Å². The zero-order valence-electron chi connectivity index (χ0n) is 9.64. The SMILES string of the molecule is Cc1c(N)cccc1CNCC1(C)CC1. The molecule has 2 nitrogen and oxygen atoms in total. The summed E-state index contributed by atoms with van der Waals surface area (Å²) in [4.78, 5) is 0. The fourth-order valence-electron chi connectivity index (χ4n) is 1.78. The van der Waals surface area contributed by atoms with Crippen molar-refractivity contribution in [3.63, 3.8) is 0 Å². The largest absolute Gasteiger partial charge is 0.399 e. The van der Waals surface area contributed by atoms with Crippen LogP contribution < -0.4 is 11.1 Å². The molecule has 0 bridgehead atoms. The minimum Gasteiger partial charge on any atom is -0.399 e. The summed E-state index contributed by atoms with van der Waals surface area (Å²) in [6, 6.07) is 6.13. The molecule has 15 heavy (non-hydrogen) atoms. The van der Waals surface area contributed by atoms with Crippen LogP contribution in [0.3, 0.4) is 0 Å². The Morgan fingerprint density at radius 1 is 1.40 bits per heavy atom. The molecule has 0 heterocycles. The Kier molecular flexibility index (Phi) is 2.70. The molecule has 2 heteroatoms. The summed E-state index contributed by atoms with van der Waals surface area (Å²) in [5.74, 6) is 0. The fraction of sp³-hybridized carbons (Fsp3) is 0.538. The molecule has 1 aliphatic rings. The van der Waals surface area contributed by atoms with E-state index in [1.54, 1.807) is 0 Å². The van der Waals surface area contributed by atoms with Crippen molar-refractivity contribution in [2.45, 2.75) is 33.2 Å². The fourth-order valence-corrected chi connectivity index (χ4v) is 1.78. The highest BCUT2D eigenvalue weighted by molar-refractivity contribution is 5.49. The maximum Gasteiger partial charge on any atom is 0.0346 e. The smallest absolute Gasteiger partial charge is 0.0346 e. The number of rotatable bonds is 4. The highest BCUT2D eigenvalue weighted by atomic mass is 14.9. The van der Waals surface area contributed by atoms with E-state index in [2.05, 4.69) is 25.2 Å². The minimum absolute atomic E-state index is 0.578. The van der Waals surface area contributed by atoms with E-state index in [0.717, 1.165) is 18.8 Å². The summed E-state index contributed by atoms with van der Waals surface area (Å²) in [7, 11) is 0. The third-order valence-electron chi connectivity index (χ3n) is 3.46. The van der Waals surface area contributed by atoms with Crippen LogP contribution in [0.5, 0.6) is 0 Å². The van der Waals surface area contributed by atoms with Crippen LogP contribution in [0.4, 0.5) is 5.69 Å². The predicted molar refractivity (Wildman–Crippen MR) is 64.6 cm³/mol. The van der Waals surface area contributed by atoms with E-state index in [-0.39, 0.29) is 0 Å². The number of anilines is 1. The Balaban J connectivity index is 1.90. The number of benzene rings is 1. The third kappa shape index (κ3) is 2.51. The minimum atomic E-state index is 0.578. The highest BCUT2D eigenvalue weighted by Gasteiger charge is 2.36. The van der Waals surface area contributed by atoms with Crippen LogP contribution in [0, 0.1) is 12.3 Å². The second-order valence-electron chi connectivity index (χ2n) is 5.05. The summed E-state index contributed by atoms with van der Waals surface area (Å²) in [6.07, 6.45) is 2.74. The second-order valence-corrected chi connectivity index (χ2v) is 5.05. The van der Waals surface area contributed by atoms with Gasteiger partial charge in [0.15, 0.2) is 0 Å². The van der Waals surface area contributed by atoms with Crippen LogP contribution >= 0.6 is 0 Å². The topological polar surface area (TPSA) is 38.0 Å². The Morgan fingerprint density at radius 2 is 2.13 bits per heavy atom. The molecule has 0 saturated heterocycles. The highest BCUT2D eigenvalue weighted by Crippen LogP contribution is 2.44. The molecule has 1 saturated carbocycles. The number of nitrogens with one attached hydrogen (secondary N) is 1. The van der Waals surface area contributed by atoms with Crippen LogP contribution in [0.1, 0.15) is 30.9 Å². The molecule has 1 aromatic carbocycles. The summed E-state index contributed by atoms with van der Waals surface area (Å²) < 4.78 is 0. The molecule has 0 amide bonds. The van der Waals surface area contributed by atoms with E-state index in [0.29, 0.717) is 5.41 Å². The van der Waals surface area contributed by atoms with Crippen LogP contribution in [0.2, 0.25) is 0 Å². The number of nitrogens with two attached hydrogens (primary N) is 1. The lowest BCUT2D eigenvalue weighted by molar-refractivity contribution is 0.499. The van der Waals surface area contributed by atoms with Crippen molar-refractivity contribution >= 4 is 5.69 Å². The first-order valence-corrected chi connectivity index (χ1v) is 5.65. The van der Waals surface area contributed by atoms with Gasteiger partial charge in [0.1, 0.15) is 0 Å². The molecule has 0 aliphatic heterocycles. The Bertz CT molecular complexity index is 354. The van der Waals surface area contributed by atoms with Gasteiger partial charge in [-0.1, -0.05) is 19.1 Å². The van der Waals surface area contributed by atoms with Gasteiger partial charge < -0.3 is 11.1 Å². The standard InChI is InChI=1S/C13H20N2/c1-10-11(4-3-5-12(10)14)8-15-9-13(2)6-7-13/h3-5,15H,6-9,14H2,1-2H3. The quantitative estimate of drug-likeness (QED) is 0.739. The molecule has 1 aliphatic carbocycles. The summed E-state index contributed by atoms with van der Waals surface area (Å²) in [6.45, 7) is 6.49. The van der Waals surface area contributed by atoms with Gasteiger partial charge in [0.25, 0.3) is 0 Å². The van der Waals surface area contributed by atoms with Crippen molar-refractivity contribution < 1.29 is 0 Å². The van der Waals surface area contributed by atoms with Gasteiger partial charge in [-0.2, -0.15) is 0 Å². The molecule has 0 atom stereocenters. The molecule has 1 fully saturated rings. The van der Waals surface area contributed by atoms with E-state index >= 15 is 0 Å². The number of hydrogen-bond donors (Lipinski definition) is 2. The van der Waals surface area contributed by atoms with Gasteiger partial charge in [0, 0.05) is 18.8 Å². The van der Waals surface area contributed by atoms with Gasteiger partial charge in [-0.15, -0.1) is 0 Å². The zero-order valence-corrected chi connectivity index (χ0v) is 9.64. The Hall–Kier alpha value is -1.02. The van der Waals surface area contributed by atoms with E-state index in [4.69, 9.17) is 5.73 Å². The Labute approximate surface area is 91.9 Å². The molecule has 0 unspecified atom stereocenters. The molecule has 82 valence electrons. The van der Waals surface area contributed by atoms with Gasteiger partial charge in [0.05, 0.1) is 0 Å². The predicted octanol–water partition coefficient (Wildman–Crippen LogP) is 2.47. The maximum atomic E-state index is 5.86. The van der Waals surface area contributed by atoms with E-state index in [1.165, 1.54) is 24.0 Å². The van der Waals surface area contributed by atoms with Gasteiger partial charge in [0.2, 0.25) is 0 Å². The molecule has 1 aromatic rings. The summed E-state index contributed by atoms with van der Waals surface area (Å²) >= 11 is 0. The summed E-state index contributed by atoms with van der Waals surface area (Å²) in [5.41, 5.74) is 9.87. The average Bonchev–Trinajstić information content (AvgIpc) is 2.92. The van der Waals surface area contributed by atoms with Crippen molar-refractivity contribution in [3.8, 4) is 0 Å². The van der Waals surface area contributed by atoms with Gasteiger partial charge >= 0.3 is 0 Å². The lowest BCUT2D eigenvalue weighted by Gasteiger charge is -2.12. The second kappa shape index (κ2) is 3.86. The molecule has 0 aromatic heterocycles. The van der Waals surface area contributed by atoms with Gasteiger partial charge in [-0.25, -0.2) is 0 Å². The number of nitrogen functional groups attached to an aromatic ring is 1.